The normalized spacial score (nSPS) is 11.4. The molecule has 0 fully saturated rings. The molecule has 26 heteroatoms. The Balaban J connectivity index is -0.00000310. The van der Waals surface area contributed by atoms with Gasteiger partial charge in [0.05, 0.1) is 36.7 Å². The summed E-state index contributed by atoms with van der Waals surface area (Å²) in [6, 6.07) is -2.02. The van der Waals surface area contributed by atoms with Gasteiger partial charge in [-0.25, -0.2) is 0 Å². The van der Waals surface area contributed by atoms with E-state index < -0.39 is 65.4 Å². The van der Waals surface area contributed by atoms with Gasteiger partial charge < -0.3 is 111 Å². The standard InChI is InChI=1S/C40H72N14O8.4Nb/c1-27(55)51(25-33(59)39(5,6)7)21-17-46-35(61)31(13-11-15-48-37(41)42)53(29(3)57)23-19-45-34(60)26-52(28(2)56)22-18-47-36(62)32(14-12-16-49-38(43)44)54(30(4)58)24-20-50-40(8,9)10;;;;/h31-32,50H,1-4,11-26H2,5-10H3,(H,45,60)(H,46,61)(H,47,62)(H4,41,42,48)(H4,43,44,49);;;;/q-4;;;;. The van der Waals surface area contributed by atoms with E-state index >= 15 is 0 Å². The van der Waals surface area contributed by atoms with Crippen LogP contribution in [0.2, 0.25) is 0 Å². The van der Waals surface area contributed by atoms with Crippen molar-refractivity contribution in [1.82, 2.24) is 40.9 Å². The molecule has 0 saturated carbocycles. The van der Waals surface area contributed by atoms with E-state index in [0.29, 0.717) is 13.0 Å². The number of aliphatic imine (C=N–C) groups is 2. The van der Waals surface area contributed by atoms with Crippen molar-refractivity contribution in [2.75, 3.05) is 78.5 Å². The molecule has 0 aromatic carbocycles. The molecule has 12 N–H and O–H groups in total. The van der Waals surface area contributed by atoms with Crippen molar-refractivity contribution >= 4 is 59.1 Å². The zero-order valence-electron chi connectivity index (χ0n) is 39.3. The minimum absolute atomic E-state index is 0. The van der Waals surface area contributed by atoms with Gasteiger partial charge in [0.1, 0.15) is 12.1 Å². The minimum Gasteiger partial charge on any atom is -0.370 e. The third-order valence-corrected chi connectivity index (χ3v) is 9.11. The average molecular weight is 1250 g/mol. The van der Waals surface area contributed by atoms with Gasteiger partial charge in [-0.05, 0) is 46.5 Å². The van der Waals surface area contributed by atoms with Gasteiger partial charge in [-0.2, -0.15) is 0 Å². The SMILES string of the molecule is [CH2-]C(=O)N(CCNC(=O)C(CCCN=C(N)N)N(CCNC(C)(C)C)C([CH2-])=O)CC(=O)NCCN(C([CH2-])=O)C(CCCN=C(N)N)C(=O)NCCN(CC(=O)C(C)(C)C)C([CH2-])=O.[Nb].[Nb].[Nb].[Nb]. The molecule has 7 amide bonds. The summed E-state index contributed by atoms with van der Waals surface area (Å²) in [4.78, 5) is 115. The summed E-state index contributed by atoms with van der Waals surface area (Å²) in [7, 11) is 0. The fourth-order valence-corrected chi connectivity index (χ4v) is 5.71. The van der Waals surface area contributed by atoms with Crippen LogP contribution in [0.4, 0.5) is 0 Å². The number of guanidine groups is 2. The van der Waals surface area contributed by atoms with Gasteiger partial charge in [-0.3, -0.25) is 29.2 Å². The van der Waals surface area contributed by atoms with Crippen LogP contribution in [0.5, 0.6) is 0 Å². The van der Waals surface area contributed by atoms with Crippen LogP contribution < -0.4 is 44.2 Å². The number of hydrogen-bond acceptors (Lipinski definition) is 11. The molecule has 4 radical (unpaired) electrons. The summed E-state index contributed by atoms with van der Waals surface area (Å²) in [5, 5.41) is 11.3. The summed E-state index contributed by atoms with van der Waals surface area (Å²) in [5.41, 5.74) is 20.8. The molecule has 0 aliphatic rings. The van der Waals surface area contributed by atoms with E-state index in [1.807, 2.05) is 20.8 Å². The molecular formula is C40H72N14Nb4O8-4. The van der Waals surface area contributed by atoms with Gasteiger partial charge >= 0.3 is 0 Å². The van der Waals surface area contributed by atoms with E-state index in [1.54, 1.807) is 20.8 Å². The van der Waals surface area contributed by atoms with Crippen molar-refractivity contribution < 1.29 is 128 Å². The van der Waals surface area contributed by atoms with E-state index in [1.165, 1.54) is 9.80 Å². The van der Waals surface area contributed by atoms with E-state index in [-0.39, 0.29) is 197 Å². The molecule has 22 nitrogen and oxygen atoms in total. The molecule has 0 aromatic heterocycles. The molecule has 374 valence electrons. The molecule has 66 heavy (non-hydrogen) atoms. The Hall–Kier alpha value is -3.10. The number of nitrogens with two attached hydrogens (primary N) is 4. The maximum Gasteiger partial charge on any atom is 0.242 e. The number of ketones is 1. The number of nitrogens with one attached hydrogen (secondary N) is 4. The van der Waals surface area contributed by atoms with Crippen LogP contribution in [0, 0.1) is 33.1 Å². The summed E-state index contributed by atoms with van der Waals surface area (Å²) >= 11 is 0. The second-order valence-corrected chi connectivity index (χ2v) is 16.5. The molecule has 0 heterocycles. The molecule has 2 atom stereocenters. The molecule has 0 aromatic rings. The van der Waals surface area contributed by atoms with Crippen LogP contribution >= 0.6 is 0 Å². The molecule has 0 rings (SSSR count). The van der Waals surface area contributed by atoms with E-state index in [2.05, 4.69) is 58.9 Å². The molecular weight excluding hydrogens is 1180 g/mol. The summed E-state index contributed by atoms with van der Waals surface area (Å²) in [5.74, 6) is -4.79. The first kappa shape index (κ1) is 71.9. The van der Waals surface area contributed by atoms with E-state index in [0.717, 1.165) is 9.80 Å². The van der Waals surface area contributed by atoms with Crippen LogP contribution in [-0.2, 0) is 128 Å². The average Bonchev–Trinajstić information content (AvgIpc) is 3.13. The monoisotopic (exact) mass is 1250 g/mol. The molecule has 0 spiro atoms. The zero-order valence-corrected chi connectivity index (χ0v) is 48.1. The predicted molar refractivity (Wildman–Crippen MR) is 237 cm³/mol. The van der Waals surface area contributed by atoms with Crippen molar-refractivity contribution in [3.05, 3.63) is 27.7 Å². The first-order valence-electron chi connectivity index (χ1n) is 20.4. The minimum atomic E-state index is -1.09. The van der Waals surface area contributed by atoms with E-state index in [9.17, 15) is 38.4 Å². The smallest absolute Gasteiger partial charge is 0.242 e. The van der Waals surface area contributed by atoms with Crippen molar-refractivity contribution in [2.45, 2.75) is 84.8 Å². The number of carbonyl (C=O) groups is 8. The Labute approximate surface area is 453 Å². The van der Waals surface area contributed by atoms with Crippen molar-refractivity contribution in [3.63, 3.8) is 0 Å². The second-order valence-electron chi connectivity index (χ2n) is 16.5. The first-order valence-corrected chi connectivity index (χ1v) is 20.4. The number of hydrogen-bond donors (Lipinski definition) is 8. The Kier molecular flexibility index (Phi) is 40.2. The second kappa shape index (κ2) is 36.9. The van der Waals surface area contributed by atoms with Gasteiger partial charge in [-0.15, -0.1) is 0 Å². The van der Waals surface area contributed by atoms with Crippen molar-refractivity contribution in [3.8, 4) is 0 Å². The van der Waals surface area contributed by atoms with E-state index in [4.69, 9.17) is 22.9 Å². The Morgan fingerprint density at radius 2 is 0.894 bits per heavy atom. The summed E-state index contributed by atoms with van der Waals surface area (Å²) < 4.78 is 0. The Morgan fingerprint density at radius 1 is 0.530 bits per heavy atom. The third kappa shape index (κ3) is 32.6. The van der Waals surface area contributed by atoms with Crippen LogP contribution in [0.25, 0.3) is 0 Å². The van der Waals surface area contributed by atoms with Crippen LogP contribution in [0.3, 0.4) is 0 Å². The maximum atomic E-state index is 13.5. The quantitative estimate of drug-likeness (QED) is 0.0126. The largest absolute Gasteiger partial charge is 0.370 e. The van der Waals surface area contributed by atoms with Gasteiger partial charge in [0, 0.05) is 166 Å². The number of Topliss-reactive ketones (excluding diaryl/α,β-unsaturated/α-hetero) is 1. The van der Waals surface area contributed by atoms with Gasteiger partial charge in [0.15, 0.2) is 17.7 Å². The van der Waals surface area contributed by atoms with Crippen molar-refractivity contribution in [1.29, 1.82) is 0 Å². The first-order chi connectivity index (χ1) is 28.7. The van der Waals surface area contributed by atoms with Crippen LogP contribution in [0.1, 0.15) is 67.2 Å². The Morgan fingerprint density at radius 3 is 1.23 bits per heavy atom. The van der Waals surface area contributed by atoms with Gasteiger partial charge in [0.25, 0.3) is 0 Å². The third-order valence-electron chi connectivity index (χ3n) is 9.11. The van der Waals surface area contributed by atoms with Crippen LogP contribution in [-0.4, -0.2) is 175 Å². The number of amides is 7. The van der Waals surface area contributed by atoms with Crippen molar-refractivity contribution in [2.24, 2.45) is 38.3 Å². The fourth-order valence-electron chi connectivity index (χ4n) is 5.71. The maximum absolute atomic E-state index is 13.5. The summed E-state index contributed by atoms with van der Waals surface area (Å²) in [6.07, 6.45) is 0.958. The topological polar surface area (TPSA) is 326 Å². The fraction of sp³-hybridized carbons (Fsp3) is 0.650. The summed E-state index contributed by atoms with van der Waals surface area (Å²) in [6.45, 7) is 24.5. The zero-order chi connectivity index (χ0) is 47.8. The molecule has 0 saturated heterocycles. The molecule has 2 unspecified atom stereocenters. The number of rotatable bonds is 28. The molecule has 0 bridgehead atoms. The number of carbonyl (C=O) groups excluding carboxylic acids is 8. The molecule has 0 aliphatic heterocycles. The van der Waals surface area contributed by atoms with Gasteiger partial charge in [-0.1, -0.05) is 20.8 Å². The Bertz CT molecular complexity index is 1590. The predicted octanol–water partition coefficient (Wildman–Crippen LogP) is -3.18. The van der Waals surface area contributed by atoms with Crippen LogP contribution in [0.15, 0.2) is 9.98 Å². The van der Waals surface area contributed by atoms with Gasteiger partial charge in [0.2, 0.25) is 17.7 Å². The number of nitrogens with zero attached hydrogens (tertiary/aromatic N) is 6. The molecule has 0 aliphatic carbocycles.